The van der Waals surface area contributed by atoms with Gasteiger partial charge in [0.25, 0.3) is 0 Å². The molecule has 170 valence electrons. The molecule has 0 N–H and O–H groups in total. The zero-order valence-electron chi connectivity index (χ0n) is 18.7. The Morgan fingerprint density at radius 2 is 1.59 bits per heavy atom. The lowest BCUT2D eigenvalue weighted by molar-refractivity contribution is -0.386. The molecule has 0 spiro atoms. The number of carbonyl (C=O) groups is 1. The number of nitro groups is 1. The van der Waals surface area contributed by atoms with Gasteiger partial charge < -0.3 is 9.26 Å². The van der Waals surface area contributed by atoms with Crippen LogP contribution in [0.5, 0.6) is 5.75 Å². The lowest BCUT2D eigenvalue weighted by Gasteiger charge is -2.33. The van der Waals surface area contributed by atoms with Gasteiger partial charge in [0.15, 0.2) is 11.5 Å². The fourth-order valence-corrected chi connectivity index (χ4v) is 4.95. The quantitative estimate of drug-likeness (QED) is 0.278. The number of rotatable bonds is 6. The summed E-state index contributed by atoms with van der Waals surface area (Å²) < 4.78 is 10.8. The number of hydrogen-bond donors (Lipinski definition) is 0. The van der Waals surface area contributed by atoms with Gasteiger partial charge in [0.05, 0.1) is 12.0 Å². The zero-order valence-corrected chi connectivity index (χ0v) is 18.7. The number of ether oxygens (including phenoxy) is 1. The monoisotopic (exact) mass is 454 g/mol. The Labute approximate surface area is 196 Å². The summed E-state index contributed by atoms with van der Waals surface area (Å²) in [6.45, 7) is 1.57. The van der Waals surface area contributed by atoms with Crippen LogP contribution in [-0.4, -0.2) is 23.0 Å². The molecular formula is C27H22N2O5. The Morgan fingerprint density at radius 3 is 2.15 bits per heavy atom. The number of benzene rings is 3. The smallest absolute Gasteiger partial charge is 0.334 e. The van der Waals surface area contributed by atoms with E-state index in [1.165, 1.54) is 0 Å². The first-order valence-corrected chi connectivity index (χ1v) is 11.0. The maximum Gasteiger partial charge on any atom is 0.334 e. The molecular weight excluding hydrogens is 432 g/mol. The molecule has 0 aliphatic heterocycles. The van der Waals surface area contributed by atoms with Crippen molar-refractivity contribution in [3.8, 4) is 5.75 Å². The number of methoxy groups -OCH3 is 1. The second kappa shape index (κ2) is 8.59. The summed E-state index contributed by atoms with van der Waals surface area (Å²) in [7, 11) is 1.60. The predicted octanol–water partition coefficient (Wildman–Crippen LogP) is 5.60. The molecule has 0 saturated heterocycles. The van der Waals surface area contributed by atoms with Gasteiger partial charge in [-0.2, -0.15) is 0 Å². The number of fused-ring (bicyclic) bond motifs is 2. The highest BCUT2D eigenvalue weighted by atomic mass is 16.6. The summed E-state index contributed by atoms with van der Waals surface area (Å²) >= 11 is 0. The van der Waals surface area contributed by atoms with E-state index >= 15 is 0 Å². The number of nitrogens with zero attached hydrogens (tertiary/aromatic N) is 2. The molecule has 1 aromatic heterocycles. The average molecular weight is 454 g/mol. The fraction of sp³-hybridized carbons (Fsp3) is 0.185. The highest BCUT2D eigenvalue weighted by Crippen LogP contribution is 2.47. The summed E-state index contributed by atoms with van der Waals surface area (Å²) in [5, 5.41) is 15.6. The maximum atomic E-state index is 13.3. The Hall–Kier alpha value is -4.26. The first-order valence-electron chi connectivity index (χ1n) is 11.0. The van der Waals surface area contributed by atoms with Crippen molar-refractivity contribution in [3.63, 3.8) is 0 Å². The summed E-state index contributed by atoms with van der Waals surface area (Å²) in [6, 6.07) is 22.8. The number of ketones is 1. The van der Waals surface area contributed by atoms with Crippen LogP contribution >= 0.6 is 0 Å². The normalized spacial score (nSPS) is 13.8. The molecule has 1 atom stereocenters. The standard InChI is InChI=1S/C27H22N2O5/c1-16-26(29(31)32)24(34-28-16)15-23(17-11-13-18(33-2)14-12-17)25-19-7-3-5-9-21(19)27(30)22-10-6-4-8-20(22)25/h3-14,23,25H,15H2,1-2H3. The van der Waals surface area contributed by atoms with Crippen molar-refractivity contribution in [1.82, 2.24) is 5.16 Å². The van der Waals surface area contributed by atoms with Crippen LogP contribution in [0.25, 0.3) is 0 Å². The molecule has 0 fully saturated rings. The molecule has 1 heterocycles. The topological polar surface area (TPSA) is 95.5 Å². The maximum absolute atomic E-state index is 13.3. The average Bonchev–Trinajstić information content (AvgIpc) is 3.23. The Balaban J connectivity index is 1.72. The van der Waals surface area contributed by atoms with Gasteiger partial charge in [-0.15, -0.1) is 0 Å². The zero-order chi connectivity index (χ0) is 23.8. The number of hydrogen-bond acceptors (Lipinski definition) is 6. The van der Waals surface area contributed by atoms with Crippen LogP contribution in [-0.2, 0) is 6.42 Å². The minimum absolute atomic E-state index is 0.0163. The van der Waals surface area contributed by atoms with Crippen LogP contribution in [0.1, 0.15) is 55.9 Å². The Morgan fingerprint density at radius 1 is 1.00 bits per heavy atom. The van der Waals surface area contributed by atoms with Crippen molar-refractivity contribution in [2.45, 2.75) is 25.2 Å². The molecule has 1 unspecified atom stereocenters. The van der Waals surface area contributed by atoms with Gasteiger partial charge in [0.1, 0.15) is 5.75 Å². The van der Waals surface area contributed by atoms with Gasteiger partial charge in [-0.05, 0) is 35.7 Å². The van der Waals surface area contributed by atoms with E-state index in [1.807, 2.05) is 72.8 Å². The molecule has 1 aliphatic carbocycles. The van der Waals surface area contributed by atoms with Crippen LogP contribution < -0.4 is 4.74 Å². The third-order valence-electron chi connectivity index (χ3n) is 6.51. The van der Waals surface area contributed by atoms with Crippen molar-refractivity contribution >= 4 is 11.5 Å². The third-order valence-corrected chi connectivity index (χ3v) is 6.51. The van der Waals surface area contributed by atoms with E-state index in [0.717, 1.165) is 16.7 Å². The second-order valence-corrected chi connectivity index (χ2v) is 8.36. The molecule has 0 amide bonds. The molecule has 7 heteroatoms. The summed E-state index contributed by atoms with van der Waals surface area (Å²) in [6.07, 6.45) is 0.241. The van der Waals surface area contributed by atoms with Gasteiger partial charge in [-0.25, -0.2) is 0 Å². The van der Waals surface area contributed by atoms with E-state index in [4.69, 9.17) is 9.26 Å². The van der Waals surface area contributed by atoms with E-state index < -0.39 is 4.92 Å². The van der Waals surface area contributed by atoms with Crippen LogP contribution in [0.4, 0.5) is 5.69 Å². The van der Waals surface area contributed by atoms with E-state index in [9.17, 15) is 14.9 Å². The predicted molar refractivity (Wildman–Crippen MR) is 125 cm³/mol. The minimum Gasteiger partial charge on any atom is -0.497 e. The van der Waals surface area contributed by atoms with Crippen molar-refractivity contribution in [3.05, 3.63) is 122 Å². The number of aromatic nitrogens is 1. The van der Waals surface area contributed by atoms with Crippen LogP contribution in [0.3, 0.4) is 0 Å². The molecule has 3 aromatic carbocycles. The summed E-state index contributed by atoms with van der Waals surface area (Å²) in [4.78, 5) is 24.6. The van der Waals surface area contributed by atoms with Gasteiger partial charge in [-0.1, -0.05) is 65.8 Å². The van der Waals surface area contributed by atoms with E-state index in [1.54, 1.807) is 14.0 Å². The van der Waals surface area contributed by atoms with Crippen LogP contribution in [0.2, 0.25) is 0 Å². The van der Waals surface area contributed by atoms with Crippen molar-refractivity contribution < 1.29 is 19.0 Å². The lowest BCUT2D eigenvalue weighted by atomic mass is 9.68. The SMILES string of the molecule is COc1ccc(C(Cc2onc(C)c2[N+](=O)[O-])C2c3ccccc3C(=O)c3ccccc32)cc1. The Bertz CT molecular complexity index is 1340. The summed E-state index contributed by atoms with van der Waals surface area (Å²) in [5.41, 5.74) is 4.17. The first-order chi connectivity index (χ1) is 16.5. The molecule has 7 nitrogen and oxygen atoms in total. The molecule has 0 bridgehead atoms. The van der Waals surface area contributed by atoms with Gasteiger partial charge in [0, 0.05) is 29.4 Å². The van der Waals surface area contributed by atoms with E-state index in [0.29, 0.717) is 16.9 Å². The van der Waals surface area contributed by atoms with E-state index in [-0.39, 0.29) is 41.2 Å². The van der Waals surface area contributed by atoms with Crippen molar-refractivity contribution in [1.29, 1.82) is 0 Å². The molecule has 0 radical (unpaired) electrons. The van der Waals surface area contributed by atoms with Crippen molar-refractivity contribution in [2.75, 3.05) is 7.11 Å². The van der Waals surface area contributed by atoms with Gasteiger partial charge in [-0.3, -0.25) is 14.9 Å². The summed E-state index contributed by atoms with van der Waals surface area (Å²) in [5.74, 6) is 0.437. The largest absolute Gasteiger partial charge is 0.497 e. The molecule has 0 saturated carbocycles. The molecule has 4 aromatic rings. The molecule has 5 rings (SSSR count). The third kappa shape index (κ3) is 3.55. The number of aryl methyl sites for hydroxylation is 1. The highest BCUT2D eigenvalue weighted by molar-refractivity contribution is 6.12. The molecule has 34 heavy (non-hydrogen) atoms. The lowest BCUT2D eigenvalue weighted by Crippen LogP contribution is -2.25. The van der Waals surface area contributed by atoms with E-state index in [2.05, 4.69) is 5.16 Å². The fourth-order valence-electron chi connectivity index (χ4n) is 4.95. The second-order valence-electron chi connectivity index (χ2n) is 8.36. The first kappa shape index (κ1) is 21.6. The molecule has 1 aliphatic rings. The highest BCUT2D eigenvalue weighted by Gasteiger charge is 2.38. The number of carbonyl (C=O) groups excluding carboxylic acids is 1. The Kier molecular flexibility index (Phi) is 5.45. The van der Waals surface area contributed by atoms with Gasteiger partial charge in [0.2, 0.25) is 5.76 Å². The van der Waals surface area contributed by atoms with Crippen LogP contribution in [0.15, 0.2) is 77.3 Å². The van der Waals surface area contributed by atoms with Crippen molar-refractivity contribution in [2.24, 2.45) is 0 Å². The minimum atomic E-state index is -0.446. The van der Waals surface area contributed by atoms with Gasteiger partial charge >= 0.3 is 5.69 Å². The van der Waals surface area contributed by atoms with Crippen LogP contribution in [0, 0.1) is 17.0 Å².